The third kappa shape index (κ3) is 4.55. The van der Waals surface area contributed by atoms with Gasteiger partial charge in [0.15, 0.2) is 0 Å². The quantitative estimate of drug-likeness (QED) is 0.764. The van der Waals surface area contributed by atoms with Gasteiger partial charge in [-0.15, -0.1) is 12.4 Å². The zero-order valence-electron chi connectivity index (χ0n) is 14.6. The van der Waals surface area contributed by atoms with Crippen molar-refractivity contribution >= 4 is 28.3 Å². The Hall–Kier alpha value is -1.19. The Morgan fingerprint density at radius 2 is 1.73 bits per heavy atom. The van der Waals surface area contributed by atoms with Crippen LogP contribution in [-0.2, 0) is 26.1 Å². The van der Waals surface area contributed by atoms with Gasteiger partial charge in [0, 0.05) is 32.8 Å². The van der Waals surface area contributed by atoms with Gasteiger partial charge in [0.2, 0.25) is 15.9 Å². The minimum absolute atomic E-state index is 0. The molecule has 2 saturated heterocycles. The first-order chi connectivity index (χ1) is 11.9. The van der Waals surface area contributed by atoms with Crippen molar-refractivity contribution in [2.45, 2.75) is 42.7 Å². The fourth-order valence-corrected chi connectivity index (χ4v) is 4.69. The van der Waals surface area contributed by atoms with E-state index in [1.165, 1.54) is 4.31 Å². The van der Waals surface area contributed by atoms with Crippen LogP contribution in [0.5, 0.6) is 0 Å². The lowest BCUT2D eigenvalue weighted by molar-refractivity contribution is -0.129. The first-order valence-corrected chi connectivity index (χ1v) is 10.1. The lowest BCUT2D eigenvalue weighted by Gasteiger charge is -2.31. The van der Waals surface area contributed by atoms with Crippen molar-refractivity contribution in [3.63, 3.8) is 0 Å². The molecule has 7 nitrogen and oxygen atoms in total. The Bertz CT molecular complexity index is 712. The Balaban J connectivity index is 0.00000243. The molecule has 26 heavy (non-hydrogen) atoms. The predicted molar refractivity (Wildman–Crippen MR) is 101 cm³/mol. The van der Waals surface area contributed by atoms with Gasteiger partial charge in [0.1, 0.15) is 0 Å². The number of carbonyl (C=O) groups excluding carboxylic acids is 1. The van der Waals surface area contributed by atoms with Crippen molar-refractivity contribution in [3.8, 4) is 0 Å². The number of nitrogens with one attached hydrogen (secondary N) is 1. The number of hydrogen-bond acceptors (Lipinski definition) is 5. The molecule has 1 aromatic carbocycles. The van der Waals surface area contributed by atoms with Gasteiger partial charge >= 0.3 is 0 Å². The lowest BCUT2D eigenvalue weighted by Crippen LogP contribution is -2.56. The van der Waals surface area contributed by atoms with E-state index in [-0.39, 0.29) is 18.3 Å². The van der Waals surface area contributed by atoms with Crippen LogP contribution in [0.3, 0.4) is 0 Å². The van der Waals surface area contributed by atoms with Gasteiger partial charge in [0.25, 0.3) is 0 Å². The van der Waals surface area contributed by atoms with Crippen LogP contribution in [0, 0.1) is 0 Å². The summed E-state index contributed by atoms with van der Waals surface area (Å²) in [7, 11) is -3.40. The van der Waals surface area contributed by atoms with Crippen LogP contribution in [0.25, 0.3) is 0 Å². The van der Waals surface area contributed by atoms with Crippen molar-refractivity contribution in [1.29, 1.82) is 0 Å². The van der Waals surface area contributed by atoms with Crippen molar-refractivity contribution in [2.75, 3.05) is 26.3 Å². The molecule has 0 aliphatic carbocycles. The highest BCUT2D eigenvalue weighted by molar-refractivity contribution is 7.89. The van der Waals surface area contributed by atoms with E-state index in [1.54, 1.807) is 24.3 Å². The second-order valence-electron chi connectivity index (χ2n) is 6.71. The molecule has 1 aromatic rings. The highest BCUT2D eigenvalue weighted by atomic mass is 35.5. The van der Waals surface area contributed by atoms with Crippen LogP contribution >= 0.6 is 12.4 Å². The van der Waals surface area contributed by atoms with E-state index >= 15 is 0 Å². The Morgan fingerprint density at radius 1 is 1.15 bits per heavy atom. The average molecular weight is 404 g/mol. The molecule has 3 rings (SSSR count). The number of sulfonamides is 1. The summed E-state index contributed by atoms with van der Waals surface area (Å²) in [5.41, 5.74) is 6.10. The van der Waals surface area contributed by atoms with E-state index in [1.807, 2.05) is 0 Å². The van der Waals surface area contributed by atoms with Gasteiger partial charge in [-0.2, -0.15) is 4.31 Å². The lowest BCUT2D eigenvalue weighted by atomic mass is 9.90. The SMILES string of the molecule is Cl.NC1(C(=O)NCc2ccc(S(=O)(=O)N3CCCC3)cc2)CCOCC1. The van der Waals surface area contributed by atoms with Crippen LogP contribution < -0.4 is 11.1 Å². The molecule has 146 valence electrons. The highest BCUT2D eigenvalue weighted by Gasteiger charge is 2.35. The number of ether oxygens (including phenoxy) is 1. The van der Waals surface area contributed by atoms with Gasteiger partial charge in [-0.05, 0) is 43.4 Å². The van der Waals surface area contributed by atoms with Gasteiger partial charge in [-0.25, -0.2) is 8.42 Å². The maximum atomic E-state index is 12.5. The largest absolute Gasteiger partial charge is 0.381 e. The van der Waals surface area contributed by atoms with Crippen LogP contribution in [0.4, 0.5) is 0 Å². The standard InChI is InChI=1S/C17H25N3O4S.ClH/c18-17(7-11-24-12-8-17)16(21)19-13-14-3-5-15(6-4-14)25(22,23)20-9-1-2-10-20;/h3-6H,1-2,7-13,18H2,(H,19,21);1H. The number of benzene rings is 1. The molecule has 1 amide bonds. The van der Waals surface area contributed by atoms with E-state index in [0.717, 1.165) is 18.4 Å². The van der Waals surface area contributed by atoms with Crippen molar-refractivity contribution < 1.29 is 17.9 Å². The van der Waals surface area contributed by atoms with Gasteiger partial charge in [-0.1, -0.05) is 12.1 Å². The van der Waals surface area contributed by atoms with Crippen molar-refractivity contribution in [2.24, 2.45) is 5.73 Å². The fourth-order valence-electron chi connectivity index (χ4n) is 3.18. The average Bonchev–Trinajstić information content (AvgIpc) is 3.16. The number of carbonyl (C=O) groups is 1. The molecular weight excluding hydrogens is 378 g/mol. The smallest absolute Gasteiger partial charge is 0.243 e. The first kappa shape index (κ1) is 21.1. The molecule has 9 heteroatoms. The molecule has 3 N–H and O–H groups in total. The van der Waals surface area contributed by atoms with Crippen molar-refractivity contribution in [3.05, 3.63) is 29.8 Å². The third-order valence-corrected chi connectivity index (χ3v) is 6.83. The number of hydrogen-bond donors (Lipinski definition) is 2. The Kier molecular flexibility index (Phi) is 7.04. The summed E-state index contributed by atoms with van der Waals surface area (Å²) in [6, 6.07) is 6.66. The topological polar surface area (TPSA) is 102 Å². The Labute approximate surface area is 160 Å². The maximum Gasteiger partial charge on any atom is 0.243 e. The van der Waals surface area contributed by atoms with Gasteiger partial charge in [0.05, 0.1) is 10.4 Å². The number of amides is 1. The predicted octanol–water partition coefficient (Wildman–Crippen LogP) is 1.02. The Morgan fingerprint density at radius 3 is 2.31 bits per heavy atom. The second-order valence-corrected chi connectivity index (χ2v) is 8.64. The van der Waals surface area contributed by atoms with E-state index in [9.17, 15) is 13.2 Å². The molecule has 0 unspecified atom stereocenters. The molecule has 2 aliphatic heterocycles. The van der Waals surface area contributed by atoms with E-state index < -0.39 is 15.6 Å². The second kappa shape index (κ2) is 8.67. The fraction of sp³-hybridized carbons (Fsp3) is 0.588. The summed E-state index contributed by atoms with van der Waals surface area (Å²) in [6.07, 6.45) is 2.84. The third-order valence-electron chi connectivity index (χ3n) is 4.92. The summed E-state index contributed by atoms with van der Waals surface area (Å²) in [5, 5.41) is 2.84. The zero-order chi connectivity index (χ0) is 17.9. The van der Waals surface area contributed by atoms with Crippen LogP contribution in [0.1, 0.15) is 31.2 Å². The summed E-state index contributed by atoms with van der Waals surface area (Å²) >= 11 is 0. The maximum absolute atomic E-state index is 12.5. The molecular formula is C17H26ClN3O4S. The number of nitrogens with zero attached hydrogens (tertiary/aromatic N) is 1. The monoisotopic (exact) mass is 403 g/mol. The molecule has 2 heterocycles. The normalized spacial score (nSPS) is 20.3. The van der Waals surface area contributed by atoms with Crippen LogP contribution in [0.15, 0.2) is 29.2 Å². The number of halogens is 1. The minimum Gasteiger partial charge on any atom is -0.381 e. The number of nitrogens with two attached hydrogens (primary N) is 1. The summed E-state index contributed by atoms with van der Waals surface area (Å²) in [4.78, 5) is 12.6. The molecule has 2 fully saturated rings. The molecule has 0 radical (unpaired) electrons. The van der Waals surface area contributed by atoms with Gasteiger partial charge in [-0.3, -0.25) is 4.79 Å². The molecule has 0 atom stereocenters. The minimum atomic E-state index is -3.40. The van der Waals surface area contributed by atoms with Gasteiger partial charge < -0.3 is 15.8 Å². The van der Waals surface area contributed by atoms with Crippen molar-refractivity contribution in [1.82, 2.24) is 9.62 Å². The highest BCUT2D eigenvalue weighted by Crippen LogP contribution is 2.21. The molecule has 2 aliphatic rings. The van der Waals surface area contributed by atoms with E-state index in [0.29, 0.717) is 50.6 Å². The molecule has 0 spiro atoms. The van der Waals surface area contributed by atoms with Crippen LogP contribution in [-0.4, -0.2) is 50.5 Å². The first-order valence-electron chi connectivity index (χ1n) is 8.66. The van der Waals surface area contributed by atoms with E-state index in [2.05, 4.69) is 5.32 Å². The number of rotatable bonds is 5. The summed E-state index contributed by atoms with van der Waals surface area (Å²) in [6.45, 7) is 2.48. The molecule has 0 saturated carbocycles. The van der Waals surface area contributed by atoms with Crippen LogP contribution in [0.2, 0.25) is 0 Å². The molecule has 0 aromatic heterocycles. The zero-order valence-corrected chi connectivity index (χ0v) is 16.3. The van der Waals surface area contributed by atoms with E-state index in [4.69, 9.17) is 10.5 Å². The molecule has 0 bridgehead atoms. The summed E-state index contributed by atoms with van der Waals surface area (Å²) < 4.78 is 31.7. The summed E-state index contributed by atoms with van der Waals surface area (Å²) in [5.74, 6) is -0.190.